The van der Waals surface area contributed by atoms with E-state index in [1.807, 2.05) is 56.3 Å². The first kappa shape index (κ1) is 18.0. The lowest BCUT2D eigenvalue weighted by atomic mass is 10.1. The van der Waals surface area contributed by atoms with Gasteiger partial charge in [-0.1, -0.05) is 30.8 Å². The van der Waals surface area contributed by atoms with Crippen molar-refractivity contribution in [1.29, 1.82) is 5.26 Å². The lowest BCUT2D eigenvalue weighted by Gasteiger charge is -2.11. The molecule has 0 bridgehead atoms. The predicted molar refractivity (Wildman–Crippen MR) is 99.3 cm³/mol. The molecule has 0 spiro atoms. The normalized spacial score (nSPS) is 11.0. The summed E-state index contributed by atoms with van der Waals surface area (Å²) in [6.07, 6.45) is 1.55. The van der Waals surface area contributed by atoms with Crippen molar-refractivity contribution >= 4 is 46.1 Å². The zero-order valence-corrected chi connectivity index (χ0v) is 15.2. The smallest absolute Gasteiger partial charge is 0.268 e. The van der Waals surface area contributed by atoms with E-state index < -0.39 is 5.91 Å². The molecule has 124 valence electrons. The molecule has 1 heterocycles. The number of nitrogens with one attached hydrogen (secondary N) is 1. The van der Waals surface area contributed by atoms with Crippen LogP contribution in [0.25, 0.3) is 6.08 Å². The van der Waals surface area contributed by atoms with E-state index in [1.54, 1.807) is 6.08 Å². The van der Waals surface area contributed by atoms with Crippen LogP contribution in [0.1, 0.15) is 12.5 Å². The fourth-order valence-corrected chi connectivity index (χ4v) is 3.06. The number of anilines is 2. The number of carbonyl (C=O) groups excluding carboxylic acids is 1. The van der Waals surface area contributed by atoms with Crippen molar-refractivity contribution in [2.24, 2.45) is 0 Å². The van der Waals surface area contributed by atoms with E-state index in [-0.39, 0.29) is 5.57 Å². The van der Waals surface area contributed by atoms with Crippen molar-refractivity contribution in [3.8, 4) is 6.07 Å². The standard InChI is InChI=1S/C16H17N5OS2/c1-4-23-16-19-15(24-20-16)18-14(22)12(10-17)9-11-5-7-13(8-6-11)21(2)3/h5-9H,4H2,1-3H3,(H,18,19,20,22). The van der Waals surface area contributed by atoms with Crippen LogP contribution in [0.15, 0.2) is 35.0 Å². The average molecular weight is 359 g/mol. The van der Waals surface area contributed by atoms with Gasteiger partial charge >= 0.3 is 0 Å². The molecule has 1 N–H and O–H groups in total. The SMILES string of the molecule is CCSc1nsc(NC(=O)C(C#N)=Cc2ccc(N(C)C)cc2)n1. The van der Waals surface area contributed by atoms with Gasteiger partial charge in [-0.15, -0.1) is 0 Å². The Morgan fingerprint density at radius 3 is 2.71 bits per heavy atom. The molecule has 1 aromatic heterocycles. The van der Waals surface area contributed by atoms with Crippen molar-refractivity contribution in [2.75, 3.05) is 30.1 Å². The van der Waals surface area contributed by atoms with Crippen LogP contribution in [-0.2, 0) is 4.79 Å². The van der Waals surface area contributed by atoms with E-state index in [9.17, 15) is 10.1 Å². The molecule has 0 saturated heterocycles. The molecule has 0 aliphatic rings. The number of amides is 1. The van der Waals surface area contributed by atoms with E-state index >= 15 is 0 Å². The third kappa shape index (κ3) is 4.81. The van der Waals surface area contributed by atoms with Crippen LogP contribution < -0.4 is 10.2 Å². The Bertz CT molecular complexity index is 775. The first-order chi connectivity index (χ1) is 11.5. The highest BCUT2D eigenvalue weighted by Gasteiger charge is 2.12. The Morgan fingerprint density at radius 1 is 1.42 bits per heavy atom. The van der Waals surface area contributed by atoms with E-state index in [0.29, 0.717) is 10.3 Å². The number of carbonyl (C=O) groups is 1. The van der Waals surface area contributed by atoms with Gasteiger partial charge in [0.15, 0.2) is 0 Å². The number of hydrogen-bond acceptors (Lipinski definition) is 7. The van der Waals surface area contributed by atoms with Crippen LogP contribution in [0.5, 0.6) is 0 Å². The molecule has 2 aromatic rings. The molecule has 0 atom stereocenters. The molecule has 1 amide bonds. The number of benzene rings is 1. The molecular formula is C16H17N5OS2. The summed E-state index contributed by atoms with van der Waals surface area (Å²) in [5.74, 6) is 0.370. The minimum absolute atomic E-state index is 0.0208. The summed E-state index contributed by atoms with van der Waals surface area (Å²) in [5.41, 5.74) is 1.85. The predicted octanol–water partition coefficient (Wildman–Crippen LogP) is 3.26. The molecular weight excluding hydrogens is 342 g/mol. The van der Waals surface area contributed by atoms with Gasteiger partial charge in [0.2, 0.25) is 10.3 Å². The third-order valence-corrected chi connectivity index (χ3v) is 4.46. The van der Waals surface area contributed by atoms with Crippen molar-refractivity contribution in [3.63, 3.8) is 0 Å². The van der Waals surface area contributed by atoms with E-state index in [4.69, 9.17) is 0 Å². The van der Waals surface area contributed by atoms with Gasteiger partial charge in [-0.25, -0.2) is 0 Å². The maximum absolute atomic E-state index is 12.2. The lowest BCUT2D eigenvalue weighted by molar-refractivity contribution is -0.112. The van der Waals surface area contributed by atoms with Gasteiger partial charge in [-0.2, -0.15) is 14.6 Å². The zero-order valence-electron chi connectivity index (χ0n) is 13.6. The summed E-state index contributed by atoms with van der Waals surface area (Å²) in [6, 6.07) is 9.51. The largest absolute Gasteiger partial charge is 0.378 e. The number of rotatable bonds is 6. The van der Waals surface area contributed by atoms with Gasteiger partial charge < -0.3 is 4.90 Å². The highest BCUT2D eigenvalue weighted by atomic mass is 32.2. The Hall–Kier alpha value is -2.37. The second-order valence-electron chi connectivity index (χ2n) is 4.93. The molecule has 8 heteroatoms. The van der Waals surface area contributed by atoms with Crippen LogP contribution in [0, 0.1) is 11.3 Å². The summed E-state index contributed by atoms with van der Waals surface area (Å²) in [4.78, 5) is 18.4. The maximum atomic E-state index is 12.2. The Balaban J connectivity index is 2.11. The Labute approximate surface area is 149 Å². The summed E-state index contributed by atoms with van der Waals surface area (Å²) in [6.45, 7) is 2.00. The minimum atomic E-state index is -0.488. The van der Waals surface area contributed by atoms with E-state index in [0.717, 1.165) is 28.5 Å². The molecule has 1 aromatic carbocycles. The fourth-order valence-electron chi connectivity index (χ4n) is 1.80. The van der Waals surface area contributed by atoms with Crippen LogP contribution in [0.3, 0.4) is 0 Å². The van der Waals surface area contributed by atoms with Gasteiger partial charge in [0.1, 0.15) is 11.6 Å². The number of thioether (sulfide) groups is 1. The molecule has 0 radical (unpaired) electrons. The number of nitriles is 1. The number of nitrogens with zero attached hydrogens (tertiary/aromatic N) is 4. The van der Waals surface area contributed by atoms with Crippen molar-refractivity contribution in [2.45, 2.75) is 12.1 Å². The topological polar surface area (TPSA) is 81.9 Å². The van der Waals surface area contributed by atoms with Crippen LogP contribution >= 0.6 is 23.3 Å². The van der Waals surface area contributed by atoms with Crippen molar-refractivity contribution < 1.29 is 4.79 Å². The van der Waals surface area contributed by atoms with Crippen molar-refractivity contribution in [1.82, 2.24) is 9.36 Å². The molecule has 2 rings (SSSR count). The van der Waals surface area contributed by atoms with Gasteiger partial charge in [0.05, 0.1) is 0 Å². The molecule has 24 heavy (non-hydrogen) atoms. The van der Waals surface area contributed by atoms with Crippen molar-refractivity contribution in [3.05, 3.63) is 35.4 Å². The van der Waals surface area contributed by atoms with Crippen LogP contribution in [-0.4, -0.2) is 35.1 Å². The molecule has 0 unspecified atom stereocenters. The summed E-state index contributed by atoms with van der Waals surface area (Å²) >= 11 is 2.60. The molecule has 0 fully saturated rings. The molecule has 6 nitrogen and oxygen atoms in total. The fraction of sp³-hybridized carbons (Fsp3) is 0.250. The van der Waals surface area contributed by atoms with Gasteiger partial charge in [-0.3, -0.25) is 10.1 Å². The van der Waals surface area contributed by atoms with Gasteiger partial charge in [0.25, 0.3) is 5.91 Å². The zero-order chi connectivity index (χ0) is 17.5. The first-order valence-electron chi connectivity index (χ1n) is 7.20. The number of hydrogen-bond donors (Lipinski definition) is 1. The Kier molecular flexibility index (Phi) is 6.35. The highest BCUT2D eigenvalue weighted by molar-refractivity contribution is 7.99. The van der Waals surface area contributed by atoms with Gasteiger partial charge in [-0.05, 0) is 29.5 Å². The third-order valence-electron chi connectivity index (χ3n) is 2.99. The number of aromatic nitrogens is 2. The molecule has 0 aliphatic carbocycles. The minimum Gasteiger partial charge on any atom is -0.378 e. The summed E-state index contributed by atoms with van der Waals surface area (Å²) < 4.78 is 4.13. The first-order valence-corrected chi connectivity index (χ1v) is 8.96. The maximum Gasteiger partial charge on any atom is 0.268 e. The average Bonchev–Trinajstić information content (AvgIpc) is 3.00. The second-order valence-corrected chi connectivity index (χ2v) is 6.91. The second kappa shape index (κ2) is 8.47. The summed E-state index contributed by atoms with van der Waals surface area (Å²) in [7, 11) is 3.90. The highest BCUT2D eigenvalue weighted by Crippen LogP contribution is 2.20. The lowest BCUT2D eigenvalue weighted by Crippen LogP contribution is -2.13. The summed E-state index contributed by atoms with van der Waals surface area (Å²) in [5, 5.41) is 12.9. The molecule has 0 saturated carbocycles. The van der Waals surface area contributed by atoms with Gasteiger partial charge in [0, 0.05) is 31.3 Å². The van der Waals surface area contributed by atoms with Crippen LogP contribution in [0.2, 0.25) is 0 Å². The Morgan fingerprint density at radius 2 is 2.12 bits per heavy atom. The van der Waals surface area contributed by atoms with E-state index in [1.165, 1.54) is 11.8 Å². The quantitative estimate of drug-likeness (QED) is 0.484. The molecule has 0 aliphatic heterocycles. The van der Waals surface area contributed by atoms with E-state index in [2.05, 4.69) is 14.7 Å². The van der Waals surface area contributed by atoms with Crippen LogP contribution in [0.4, 0.5) is 10.8 Å². The monoisotopic (exact) mass is 359 g/mol.